The zero-order valence-electron chi connectivity index (χ0n) is 19.7. The summed E-state index contributed by atoms with van der Waals surface area (Å²) in [4.78, 5) is 25.0. The fourth-order valence-corrected chi connectivity index (χ4v) is 3.63. The summed E-state index contributed by atoms with van der Waals surface area (Å²) in [5.74, 6) is -1.19. The quantitative estimate of drug-likeness (QED) is 0.456. The highest BCUT2D eigenvalue weighted by atomic mass is 19.1. The topological polar surface area (TPSA) is 114 Å². The Balaban J connectivity index is 2.11. The van der Waals surface area contributed by atoms with Crippen LogP contribution in [0.5, 0.6) is 0 Å². The maximum atomic E-state index is 14.3. The lowest BCUT2D eigenvalue weighted by atomic mass is 10.1. The Morgan fingerprint density at radius 1 is 1.03 bits per heavy atom. The van der Waals surface area contributed by atoms with Crippen LogP contribution in [0.1, 0.15) is 59.6 Å². The molecule has 0 saturated carbocycles. The average Bonchev–Trinajstić information content (AvgIpc) is 3.04. The van der Waals surface area contributed by atoms with Gasteiger partial charge in [-0.3, -0.25) is 13.9 Å². The fourth-order valence-electron chi connectivity index (χ4n) is 3.63. The van der Waals surface area contributed by atoms with Crippen molar-refractivity contribution in [2.75, 3.05) is 6.61 Å². The van der Waals surface area contributed by atoms with Crippen molar-refractivity contribution in [3.63, 3.8) is 0 Å². The predicted molar refractivity (Wildman–Crippen MR) is 123 cm³/mol. The summed E-state index contributed by atoms with van der Waals surface area (Å²) in [5, 5.41) is 29.3. The summed E-state index contributed by atoms with van der Waals surface area (Å²) in [6.07, 6.45) is 4.70. The Bertz CT molecular complexity index is 1020. The molecule has 1 unspecified atom stereocenters. The molecule has 33 heavy (non-hydrogen) atoms. The van der Waals surface area contributed by atoms with Gasteiger partial charge in [-0.05, 0) is 53.4 Å². The van der Waals surface area contributed by atoms with Crippen molar-refractivity contribution in [3.8, 4) is 0 Å². The van der Waals surface area contributed by atoms with E-state index in [0.29, 0.717) is 10.8 Å². The van der Waals surface area contributed by atoms with E-state index in [0.717, 1.165) is 35.8 Å². The summed E-state index contributed by atoms with van der Waals surface area (Å²) in [5.41, 5.74) is 1.57. The summed E-state index contributed by atoms with van der Waals surface area (Å²) in [6, 6.07) is 0. The lowest BCUT2D eigenvalue weighted by Crippen LogP contribution is -2.44. The molecule has 1 fully saturated rings. The molecule has 1 aromatic rings. The first-order valence-corrected chi connectivity index (χ1v) is 11.1. The van der Waals surface area contributed by atoms with Gasteiger partial charge in [-0.25, -0.2) is 4.79 Å². The van der Waals surface area contributed by atoms with Gasteiger partial charge in [-0.2, -0.15) is 4.39 Å². The molecule has 4 atom stereocenters. The van der Waals surface area contributed by atoms with Crippen molar-refractivity contribution < 1.29 is 24.4 Å². The van der Waals surface area contributed by atoms with Crippen LogP contribution in [0.2, 0.25) is 0 Å². The van der Waals surface area contributed by atoms with Gasteiger partial charge in [0.15, 0.2) is 6.23 Å². The number of nitrogens with zero attached hydrogens (tertiary/aromatic N) is 2. The van der Waals surface area contributed by atoms with E-state index in [2.05, 4.69) is 32.9 Å². The second kappa shape index (κ2) is 12.2. The standard InChI is InChI=1S/C24H35FN2O6/c1-15(2)7-5-8-16(3)9-6-10-17(4)11-12-26-22(31)18(25)13-27(24(26)32)23-21(30)20(29)19(14-28)33-23/h7,9,11,13,19-21,23,28-30H,5-6,8,10,12,14H2,1-4H3/t19-,20+,21?,23-/m1/s1. The van der Waals surface area contributed by atoms with Crippen LogP contribution in [0.25, 0.3) is 0 Å². The number of allylic oxidation sites excluding steroid dienone is 6. The third-order valence-corrected chi connectivity index (χ3v) is 5.69. The second-order valence-corrected chi connectivity index (χ2v) is 8.77. The van der Waals surface area contributed by atoms with Crippen LogP contribution in [0.15, 0.2) is 50.7 Å². The summed E-state index contributed by atoms with van der Waals surface area (Å²) in [6.45, 7) is 7.38. The van der Waals surface area contributed by atoms with Gasteiger partial charge >= 0.3 is 5.69 Å². The van der Waals surface area contributed by atoms with E-state index in [1.54, 1.807) is 6.08 Å². The van der Waals surface area contributed by atoms with Crippen LogP contribution >= 0.6 is 0 Å². The number of rotatable bonds is 10. The number of hydrogen-bond acceptors (Lipinski definition) is 6. The molecule has 0 amide bonds. The van der Waals surface area contributed by atoms with Crippen LogP contribution in [0.4, 0.5) is 4.39 Å². The number of hydrogen-bond donors (Lipinski definition) is 3. The minimum atomic E-state index is -1.56. The first-order valence-electron chi connectivity index (χ1n) is 11.1. The van der Waals surface area contributed by atoms with E-state index in [9.17, 15) is 29.3 Å². The molecule has 1 aromatic heterocycles. The van der Waals surface area contributed by atoms with E-state index in [1.165, 1.54) is 11.1 Å². The molecule has 0 radical (unpaired) electrons. The predicted octanol–water partition coefficient (Wildman–Crippen LogP) is 2.18. The van der Waals surface area contributed by atoms with Crippen molar-refractivity contribution in [3.05, 3.63) is 67.8 Å². The van der Waals surface area contributed by atoms with Crippen molar-refractivity contribution in [2.24, 2.45) is 0 Å². The van der Waals surface area contributed by atoms with E-state index in [4.69, 9.17) is 4.74 Å². The van der Waals surface area contributed by atoms with Gasteiger partial charge in [0.1, 0.15) is 18.3 Å². The molecule has 1 saturated heterocycles. The summed E-state index contributed by atoms with van der Waals surface area (Å²) < 4.78 is 21.0. The highest BCUT2D eigenvalue weighted by Gasteiger charge is 2.44. The van der Waals surface area contributed by atoms with Gasteiger partial charge in [0, 0.05) is 6.54 Å². The van der Waals surface area contributed by atoms with Gasteiger partial charge < -0.3 is 20.1 Å². The molecule has 0 bridgehead atoms. The molecular weight excluding hydrogens is 431 g/mol. The zero-order chi connectivity index (χ0) is 24.7. The van der Waals surface area contributed by atoms with Crippen LogP contribution in [-0.4, -0.2) is 49.4 Å². The third-order valence-electron chi connectivity index (χ3n) is 5.69. The van der Waals surface area contributed by atoms with Crippen molar-refractivity contribution >= 4 is 0 Å². The Kier molecular flexibility index (Phi) is 9.97. The van der Waals surface area contributed by atoms with Crippen LogP contribution < -0.4 is 11.2 Å². The van der Waals surface area contributed by atoms with Gasteiger partial charge in [-0.15, -0.1) is 0 Å². The zero-order valence-corrected chi connectivity index (χ0v) is 19.7. The van der Waals surface area contributed by atoms with E-state index in [-0.39, 0.29) is 6.54 Å². The molecule has 3 N–H and O–H groups in total. The lowest BCUT2D eigenvalue weighted by Gasteiger charge is -2.18. The molecule has 2 rings (SSSR count). The van der Waals surface area contributed by atoms with Crippen LogP contribution in [0.3, 0.4) is 0 Å². The molecule has 9 heteroatoms. The van der Waals surface area contributed by atoms with Crippen LogP contribution in [0, 0.1) is 5.82 Å². The maximum Gasteiger partial charge on any atom is 0.333 e. The molecule has 184 valence electrons. The Morgan fingerprint density at radius 3 is 2.21 bits per heavy atom. The number of aromatic nitrogens is 2. The van der Waals surface area contributed by atoms with E-state index < -0.39 is 48.2 Å². The smallest absolute Gasteiger partial charge is 0.333 e. The highest BCUT2D eigenvalue weighted by Crippen LogP contribution is 2.28. The average molecular weight is 467 g/mol. The minimum Gasteiger partial charge on any atom is -0.394 e. The van der Waals surface area contributed by atoms with Gasteiger partial charge in [0.25, 0.3) is 5.56 Å². The molecule has 1 aliphatic heterocycles. The third kappa shape index (κ3) is 7.07. The molecule has 0 spiro atoms. The molecular formula is C24H35FN2O6. The normalized spacial score (nSPS) is 23.8. The first-order chi connectivity index (χ1) is 15.6. The second-order valence-electron chi connectivity index (χ2n) is 8.77. The van der Waals surface area contributed by atoms with E-state index >= 15 is 0 Å². The van der Waals surface area contributed by atoms with Gasteiger partial charge in [0.05, 0.1) is 12.8 Å². The van der Waals surface area contributed by atoms with Gasteiger partial charge in [0.2, 0.25) is 5.82 Å². The molecule has 1 aliphatic rings. The molecule has 8 nitrogen and oxygen atoms in total. The number of aliphatic hydroxyl groups is 3. The van der Waals surface area contributed by atoms with Gasteiger partial charge in [-0.1, -0.05) is 34.9 Å². The van der Waals surface area contributed by atoms with Crippen molar-refractivity contribution in [1.82, 2.24) is 9.13 Å². The first kappa shape index (κ1) is 26.9. The minimum absolute atomic E-state index is 0.140. The molecule has 0 aromatic carbocycles. The fraction of sp³-hybridized carbons (Fsp3) is 0.583. The lowest BCUT2D eigenvalue weighted by molar-refractivity contribution is -0.0560. The van der Waals surface area contributed by atoms with E-state index in [1.807, 2.05) is 6.92 Å². The maximum absolute atomic E-state index is 14.3. The largest absolute Gasteiger partial charge is 0.394 e. The monoisotopic (exact) mass is 466 g/mol. The summed E-state index contributed by atoms with van der Waals surface area (Å²) >= 11 is 0. The Labute approximate surface area is 192 Å². The summed E-state index contributed by atoms with van der Waals surface area (Å²) in [7, 11) is 0. The molecule has 2 heterocycles. The highest BCUT2D eigenvalue weighted by molar-refractivity contribution is 5.06. The van der Waals surface area contributed by atoms with Crippen molar-refractivity contribution in [1.29, 1.82) is 0 Å². The SMILES string of the molecule is CC(C)=CCCC(C)=CCCC(C)=CCn1c(=O)c(F)cn([C@@H]2O[C@H](CO)[C@H](O)C2O)c1=O. The van der Waals surface area contributed by atoms with Crippen molar-refractivity contribution in [2.45, 2.75) is 84.5 Å². The number of aliphatic hydroxyl groups excluding tert-OH is 3. The van der Waals surface area contributed by atoms with Crippen LogP contribution in [-0.2, 0) is 11.3 Å². The Morgan fingerprint density at radius 2 is 1.64 bits per heavy atom. The number of halogens is 1. The number of ether oxygens (including phenoxy) is 1. The Hall–Kier alpha value is -2.33. The molecule has 0 aliphatic carbocycles.